The van der Waals surface area contributed by atoms with Crippen molar-refractivity contribution in [2.75, 3.05) is 0 Å². The second kappa shape index (κ2) is 8.13. The van der Waals surface area contributed by atoms with Gasteiger partial charge in [0, 0.05) is 9.50 Å². The van der Waals surface area contributed by atoms with E-state index in [4.69, 9.17) is 16.3 Å². The third-order valence-electron chi connectivity index (χ3n) is 3.07. The van der Waals surface area contributed by atoms with Gasteiger partial charge >= 0.3 is 0 Å². The summed E-state index contributed by atoms with van der Waals surface area (Å²) in [7, 11) is 0. The Morgan fingerprint density at radius 1 is 1.30 bits per heavy atom. The molecule has 0 radical (unpaired) electrons. The van der Waals surface area contributed by atoms with Gasteiger partial charge in [-0.2, -0.15) is 5.10 Å². The summed E-state index contributed by atoms with van der Waals surface area (Å²) < 4.78 is 6.61. The number of nitrogens with one attached hydrogen (secondary N) is 1. The molecule has 0 spiro atoms. The molecule has 0 aliphatic rings. The number of hydrogen-bond acceptors (Lipinski definition) is 3. The summed E-state index contributed by atoms with van der Waals surface area (Å²) >= 11 is 9.25. The molecule has 0 aliphatic heterocycles. The molecule has 0 fully saturated rings. The van der Waals surface area contributed by atoms with Crippen molar-refractivity contribution in [3.8, 4) is 5.75 Å². The van der Waals surface area contributed by atoms with Crippen LogP contribution in [0.25, 0.3) is 0 Å². The fraction of sp³-hybridized carbons (Fsp3) is 0.176. The van der Waals surface area contributed by atoms with Crippen LogP contribution in [-0.4, -0.2) is 18.2 Å². The van der Waals surface area contributed by atoms with Gasteiger partial charge in [0.1, 0.15) is 5.75 Å². The molecular formula is C17H16BrClN2O2. The lowest BCUT2D eigenvalue weighted by Gasteiger charge is -2.14. The molecule has 2 rings (SSSR count). The Morgan fingerprint density at radius 2 is 2.00 bits per heavy atom. The van der Waals surface area contributed by atoms with Crippen molar-refractivity contribution in [1.29, 1.82) is 0 Å². The molecule has 2 aromatic carbocycles. The van der Waals surface area contributed by atoms with E-state index in [1.165, 1.54) is 0 Å². The lowest BCUT2D eigenvalue weighted by Crippen LogP contribution is -2.33. The normalized spacial score (nSPS) is 12.2. The first kappa shape index (κ1) is 17.5. The number of benzene rings is 2. The van der Waals surface area contributed by atoms with Gasteiger partial charge in [-0.1, -0.05) is 39.7 Å². The Balaban J connectivity index is 1.90. The first-order chi connectivity index (χ1) is 11.0. The number of ether oxygens (including phenoxy) is 1. The summed E-state index contributed by atoms with van der Waals surface area (Å²) in [5.41, 5.74) is 4.22. The highest BCUT2D eigenvalue weighted by Crippen LogP contribution is 2.22. The monoisotopic (exact) mass is 394 g/mol. The minimum absolute atomic E-state index is 0.326. The molecule has 1 N–H and O–H groups in total. The molecule has 1 atom stereocenters. The van der Waals surface area contributed by atoms with E-state index in [2.05, 4.69) is 26.5 Å². The largest absolute Gasteiger partial charge is 0.481 e. The maximum atomic E-state index is 12.0. The van der Waals surface area contributed by atoms with E-state index >= 15 is 0 Å². The first-order valence-electron chi connectivity index (χ1n) is 6.97. The van der Waals surface area contributed by atoms with E-state index < -0.39 is 6.10 Å². The average Bonchev–Trinajstić information content (AvgIpc) is 2.51. The van der Waals surface area contributed by atoms with E-state index in [9.17, 15) is 4.79 Å². The predicted molar refractivity (Wildman–Crippen MR) is 96.2 cm³/mol. The Hall–Kier alpha value is -1.85. The first-order valence-corrected chi connectivity index (χ1v) is 8.14. The van der Waals surface area contributed by atoms with Crippen LogP contribution in [-0.2, 0) is 4.79 Å². The van der Waals surface area contributed by atoms with Crippen LogP contribution >= 0.6 is 27.5 Å². The van der Waals surface area contributed by atoms with Gasteiger partial charge in [0.2, 0.25) is 0 Å². The summed E-state index contributed by atoms with van der Waals surface area (Å²) in [5.74, 6) is 0.293. The maximum absolute atomic E-state index is 12.0. The van der Waals surface area contributed by atoms with Crippen LogP contribution in [0.3, 0.4) is 0 Å². The molecule has 1 amide bonds. The van der Waals surface area contributed by atoms with Crippen molar-refractivity contribution in [3.63, 3.8) is 0 Å². The van der Waals surface area contributed by atoms with Crippen molar-refractivity contribution in [2.24, 2.45) is 5.10 Å². The highest BCUT2D eigenvalue weighted by Gasteiger charge is 2.15. The van der Waals surface area contributed by atoms with Crippen LogP contribution in [0.5, 0.6) is 5.75 Å². The van der Waals surface area contributed by atoms with Crippen LogP contribution in [0.2, 0.25) is 5.02 Å². The average molecular weight is 396 g/mol. The van der Waals surface area contributed by atoms with Gasteiger partial charge in [0.05, 0.1) is 6.21 Å². The highest BCUT2D eigenvalue weighted by molar-refractivity contribution is 9.10. The van der Waals surface area contributed by atoms with E-state index in [1.54, 1.807) is 31.3 Å². The maximum Gasteiger partial charge on any atom is 0.280 e. The van der Waals surface area contributed by atoms with E-state index in [-0.39, 0.29) is 5.91 Å². The smallest absolute Gasteiger partial charge is 0.280 e. The van der Waals surface area contributed by atoms with Crippen molar-refractivity contribution in [1.82, 2.24) is 5.43 Å². The molecule has 0 bridgehead atoms. The van der Waals surface area contributed by atoms with E-state index in [0.717, 1.165) is 15.6 Å². The minimum Gasteiger partial charge on any atom is -0.481 e. The lowest BCUT2D eigenvalue weighted by atomic mass is 10.2. The number of amides is 1. The Kier molecular flexibility index (Phi) is 6.19. The quantitative estimate of drug-likeness (QED) is 0.605. The molecule has 120 valence electrons. The third kappa shape index (κ3) is 5.37. The number of rotatable bonds is 5. The van der Waals surface area contributed by atoms with Crippen molar-refractivity contribution >= 4 is 39.7 Å². The van der Waals surface area contributed by atoms with Crippen LogP contribution in [0, 0.1) is 6.92 Å². The van der Waals surface area contributed by atoms with Crippen molar-refractivity contribution in [3.05, 3.63) is 63.1 Å². The molecule has 23 heavy (non-hydrogen) atoms. The zero-order chi connectivity index (χ0) is 16.8. The number of nitrogens with zero attached hydrogens (tertiary/aromatic N) is 1. The van der Waals surface area contributed by atoms with Gasteiger partial charge < -0.3 is 4.74 Å². The second-order valence-corrected chi connectivity index (χ2v) is 6.31. The Bertz CT molecular complexity index is 717. The number of hydrazone groups is 1. The Morgan fingerprint density at radius 3 is 2.65 bits per heavy atom. The predicted octanol–water partition coefficient (Wildman–Crippen LogP) is 4.33. The SMILES string of the molecule is Cc1cc(Cl)ccc1O[C@@H](C)C(=O)N/N=C\c1ccc(Br)cc1. The highest BCUT2D eigenvalue weighted by atomic mass is 79.9. The molecule has 4 nitrogen and oxygen atoms in total. The van der Waals surface area contributed by atoms with Gasteiger partial charge in [-0.05, 0) is 55.3 Å². The molecular weight excluding hydrogens is 380 g/mol. The van der Waals surface area contributed by atoms with Crippen LogP contribution in [0.1, 0.15) is 18.1 Å². The zero-order valence-corrected chi connectivity index (χ0v) is 15.1. The van der Waals surface area contributed by atoms with Crippen LogP contribution in [0.4, 0.5) is 0 Å². The third-order valence-corrected chi connectivity index (χ3v) is 3.83. The molecule has 6 heteroatoms. The van der Waals surface area contributed by atoms with Gasteiger partial charge in [-0.15, -0.1) is 0 Å². The summed E-state index contributed by atoms with van der Waals surface area (Å²) in [6.45, 7) is 3.54. The minimum atomic E-state index is -0.669. The molecule has 2 aromatic rings. The molecule has 0 aliphatic carbocycles. The van der Waals surface area contributed by atoms with Gasteiger partial charge in [-0.25, -0.2) is 5.43 Å². The van der Waals surface area contributed by atoms with Crippen molar-refractivity contribution in [2.45, 2.75) is 20.0 Å². The topological polar surface area (TPSA) is 50.7 Å². The summed E-state index contributed by atoms with van der Waals surface area (Å²) in [4.78, 5) is 12.0. The van der Waals surface area contributed by atoms with E-state index in [1.807, 2.05) is 31.2 Å². The number of carbonyl (C=O) groups is 1. The fourth-order valence-electron chi connectivity index (χ4n) is 1.80. The number of aryl methyl sites for hydroxylation is 1. The van der Waals surface area contributed by atoms with Crippen molar-refractivity contribution < 1.29 is 9.53 Å². The molecule has 0 aromatic heterocycles. The number of hydrogen-bond donors (Lipinski definition) is 1. The summed E-state index contributed by atoms with van der Waals surface area (Å²) in [6, 6.07) is 12.8. The molecule has 0 saturated carbocycles. The van der Waals surface area contributed by atoms with Gasteiger partial charge in [-0.3, -0.25) is 4.79 Å². The standard InChI is InChI=1S/C17H16BrClN2O2/c1-11-9-15(19)7-8-16(11)23-12(2)17(22)21-20-10-13-3-5-14(18)6-4-13/h3-10,12H,1-2H3,(H,21,22)/b20-10-/t12-/m0/s1. The lowest BCUT2D eigenvalue weighted by molar-refractivity contribution is -0.127. The zero-order valence-electron chi connectivity index (χ0n) is 12.7. The second-order valence-electron chi connectivity index (χ2n) is 4.96. The summed E-state index contributed by atoms with van der Waals surface area (Å²) in [6.07, 6.45) is 0.905. The number of halogens is 2. The van der Waals surface area contributed by atoms with Crippen LogP contribution in [0.15, 0.2) is 52.0 Å². The molecule has 0 heterocycles. The fourth-order valence-corrected chi connectivity index (χ4v) is 2.29. The summed E-state index contributed by atoms with van der Waals surface area (Å²) in [5, 5.41) is 4.56. The Labute approximate surface area is 148 Å². The number of carbonyl (C=O) groups excluding carboxylic acids is 1. The van der Waals surface area contributed by atoms with Gasteiger partial charge in [0.15, 0.2) is 6.10 Å². The molecule has 0 unspecified atom stereocenters. The van der Waals surface area contributed by atoms with Crippen LogP contribution < -0.4 is 10.2 Å². The molecule has 0 saturated heterocycles. The van der Waals surface area contributed by atoms with E-state index in [0.29, 0.717) is 10.8 Å². The van der Waals surface area contributed by atoms with Gasteiger partial charge in [0.25, 0.3) is 5.91 Å².